The first kappa shape index (κ1) is 15.9. The van der Waals surface area contributed by atoms with Crippen molar-refractivity contribution >= 4 is 34.6 Å². The van der Waals surface area contributed by atoms with E-state index in [2.05, 4.69) is 0 Å². The molecule has 1 aromatic heterocycles. The molecule has 1 amide bonds. The van der Waals surface area contributed by atoms with E-state index in [1.807, 2.05) is 30.3 Å². The highest BCUT2D eigenvalue weighted by molar-refractivity contribution is 7.99. The third-order valence-electron chi connectivity index (χ3n) is 3.75. The Labute approximate surface area is 139 Å². The van der Waals surface area contributed by atoms with Crippen molar-refractivity contribution in [1.82, 2.24) is 4.90 Å². The van der Waals surface area contributed by atoms with Gasteiger partial charge in [0.25, 0.3) is 0 Å². The van der Waals surface area contributed by atoms with Crippen LogP contribution in [0.15, 0.2) is 34.7 Å². The van der Waals surface area contributed by atoms with Gasteiger partial charge in [0.2, 0.25) is 5.91 Å². The van der Waals surface area contributed by atoms with Crippen molar-refractivity contribution < 1.29 is 18.7 Å². The molecule has 0 spiro atoms. The minimum absolute atomic E-state index is 0.0542. The number of carbonyl (C=O) groups is 2. The molecule has 0 aliphatic carbocycles. The monoisotopic (exact) mass is 333 g/mol. The number of carbonyl (C=O) groups excluding carboxylic acids is 2. The average molecular weight is 333 g/mol. The smallest absolute Gasteiger partial charge is 0.307 e. The summed E-state index contributed by atoms with van der Waals surface area (Å²) in [6.07, 6.45) is 0.696. The van der Waals surface area contributed by atoms with Gasteiger partial charge >= 0.3 is 5.97 Å². The van der Waals surface area contributed by atoms with E-state index in [1.54, 1.807) is 23.6 Å². The summed E-state index contributed by atoms with van der Waals surface area (Å²) < 4.78 is 10.9. The molecule has 23 heavy (non-hydrogen) atoms. The third-order valence-corrected chi connectivity index (χ3v) is 4.99. The number of hydrogen-bond donors (Lipinski definition) is 0. The minimum atomic E-state index is -0.278. The summed E-state index contributed by atoms with van der Waals surface area (Å²) in [6, 6.07) is 9.76. The van der Waals surface area contributed by atoms with Crippen LogP contribution in [0, 0.1) is 0 Å². The summed E-state index contributed by atoms with van der Waals surface area (Å²) in [5.41, 5.74) is 0.812. The Morgan fingerprint density at radius 2 is 2.26 bits per heavy atom. The van der Waals surface area contributed by atoms with E-state index in [9.17, 15) is 9.59 Å². The second kappa shape index (κ2) is 7.08. The Bertz CT molecular complexity index is 678. The highest BCUT2D eigenvalue weighted by Crippen LogP contribution is 2.39. The lowest BCUT2D eigenvalue weighted by Gasteiger charge is -2.33. The standard InChI is InChI=1S/C17H19NO4S/c1-2-21-16(20)7-9-18-15(19)8-10-23-17(18)14-11-12-5-3-4-6-13(12)22-14/h3-6,11,17H,2,7-10H2,1H3. The summed E-state index contributed by atoms with van der Waals surface area (Å²) in [4.78, 5) is 25.6. The molecule has 1 aromatic carbocycles. The van der Waals surface area contributed by atoms with E-state index in [-0.39, 0.29) is 23.7 Å². The van der Waals surface area contributed by atoms with Crippen LogP contribution in [0.2, 0.25) is 0 Å². The highest BCUT2D eigenvalue weighted by Gasteiger charge is 2.32. The fourth-order valence-corrected chi connectivity index (χ4v) is 3.87. The summed E-state index contributed by atoms with van der Waals surface area (Å²) in [5.74, 6) is 1.29. The van der Waals surface area contributed by atoms with Gasteiger partial charge in [-0.05, 0) is 19.1 Å². The van der Waals surface area contributed by atoms with E-state index < -0.39 is 0 Å². The molecule has 1 saturated heterocycles. The molecule has 1 aliphatic heterocycles. The Morgan fingerprint density at radius 1 is 1.43 bits per heavy atom. The number of benzene rings is 1. The Morgan fingerprint density at radius 3 is 3.04 bits per heavy atom. The quantitative estimate of drug-likeness (QED) is 0.785. The normalized spacial score (nSPS) is 18.4. The van der Waals surface area contributed by atoms with Crippen LogP contribution in [0.1, 0.15) is 30.9 Å². The average Bonchev–Trinajstić information content (AvgIpc) is 2.97. The fraction of sp³-hybridized carbons (Fsp3) is 0.412. The first-order valence-corrected chi connectivity index (χ1v) is 8.79. The van der Waals surface area contributed by atoms with Gasteiger partial charge in [-0.1, -0.05) is 18.2 Å². The van der Waals surface area contributed by atoms with Crippen LogP contribution in [0.25, 0.3) is 11.0 Å². The number of hydrogen-bond acceptors (Lipinski definition) is 5. The van der Waals surface area contributed by atoms with Crippen molar-refractivity contribution in [3.63, 3.8) is 0 Å². The van der Waals surface area contributed by atoms with Crippen molar-refractivity contribution in [3.05, 3.63) is 36.1 Å². The maximum Gasteiger partial charge on any atom is 0.307 e. The van der Waals surface area contributed by atoms with Crippen LogP contribution in [-0.2, 0) is 14.3 Å². The van der Waals surface area contributed by atoms with E-state index >= 15 is 0 Å². The maximum atomic E-state index is 12.3. The zero-order valence-electron chi connectivity index (χ0n) is 13.0. The third kappa shape index (κ3) is 3.52. The number of esters is 1. The molecule has 3 rings (SSSR count). The van der Waals surface area contributed by atoms with Crippen LogP contribution in [-0.4, -0.2) is 35.7 Å². The van der Waals surface area contributed by atoms with Gasteiger partial charge in [-0.2, -0.15) is 0 Å². The van der Waals surface area contributed by atoms with Gasteiger partial charge in [0.05, 0.1) is 13.0 Å². The molecule has 0 saturated carbocycles. The predicted molar refractivity (Wildman–Crippen MR) is 89.0 cm³/mol. The van der Waals surface area contributed by atoms with Crippen LogP contribution in [0.4, 0.5) is 0 Å². The molecule has 1 fully saturated rings. The molecular weight excluding hydrogens is 314 g/mol. The molecule has 0 N–H and O–H groups in total. The number of furan rings is 1. The van der Waals surface area contributed by atoms with Gasteiger partial charge < -0.3 is 14.1 Å². The molecule has 6 heteroatoms. The molecule has 1 aliphatic rings. The van der Waals surface area contributed by atoms with Gasteiger partial charge in [0, 0.05) is 24.1 Å². The number of ether oxygens (including phenoxy) is 1. The van der Waals surface area contributed by atoms with Crippen LogP contribution in [0.5, 0.6) is 0 Å². The van der Waals surface area contributed by atoms with Crippen molar-refractivity contribution in [2.24, 2.45) is 0 Å². The topological polar surface area (TPSA) is 59.8 Å². The lowest BCUT2D eigenvalue weighted by atomic mass is 10.2. The fourth-order valence-electron chi connectivity index (χ4n) is 2.67. The lowest BCUT2D eigenvalue weighted by Crippen LogP contribution is -2.38. The molecular formula is C17H19NO4S. The second-order valence-electron chi connectivity index (χ2n) is 5.30. The van der Waals surface area contributed by atoms with Crippen molar-refractivity contribution in [3.8, 4) is 0 Å². The van der Waals surface area contributed by atoms with E-state index in [0.29, 0.717) is 19.6 Å². The van der Waals surface area contributed by atoms with E-state index in [1.165, 1.54) is 0 Å². The zero-order valence-corrected chi connectivity index (χ0v) is 13.8. The van der Waals surface area contributed by atoms with Gasteiger partial charge in [-0.3, -0.25) is 9.59 Å². The van der Waals surface area contributed by atoms with Crippen LogP contribution >= 0.6 is 11.8 Å². The number of thioether (sulfide) groups is 1. The van der Waals surface area contributed by atoms with E-state index in [4.69, 9.17) is 9.15 Å². The van der Waals surface area contributed by atoms with Crippen LogP contribution < -0.4 is 0 Å². The first-order chi connectivity index (χ1) is 11.2. The number of para-hydroxylation sites is 1. The molecule has 0 radical (unpaired) electrons. The SMILES string of the molecule is CCOC(=O)CCN1C(=O)CCSC1c1cc2ccccc2o1. The molecule has 0 bridgehead atoms. The number of fused-ring (bicyclic) bond motifs is 1. The summed E-state index contributed by atoms with van der Waals surface area (Å²) in [7, 11) is 0. The Balaban J connectivity index is 1.79. The lowest BCUT2D eigenvalue weighted by molar-refractivity contribution is -0.144. The summed E-state index contributed by atoms with van der Waals surface area (Å²) in [6.45, 7) is 2.48. The molecule has 2 aromatic rings. The Kier molecular flexibility index (Phi) is 4.91. The van der Waals surface area contributed by atoms with Crippen LogP contribution in [0.3, 0.4) is 0 Å². The molecule has 1 atom stereocenters. The number of nitrogens with zero attached hydrogens (tertiary/aromatic N) is 1. The largest absolute Gasteiger partial charge is 0.466 e. The second-order valence-corrected chi connectivity index (χ2v) is 6.49. The zero-order chi connectivity index (χ0) is 16.2. The van der Waals surface area contributed by atoms with Crippen molar-refractivity contribution in [2.75, 3.05) is 18.9 Å². The molecule has 1 unspecified atom stereocenters. The highest BCUT2D eigenvalue weighted by atomic mass is 32.2. The van der Waals surface area contributed by atoms with Gasteiger partial charge in [0.1, 0.15) is 16.7 Å². The van der Waals surface area contributed by atoms with Gasteiger partial charge in [-0.15, -0.1) is 11.8 Å². The molecule has 5 nitrogen and oxygen atoms in total. The minimum Gasteiger partial charge on any atom is -0.466 e. The summed E-state index contributed by atoms with van der Waals surface area (Å²) in [5, 5.41) is 0.838. The predicted octanol–water partition coefficient (Wildman–Crippen LogP) is 3.35. The summed E-state index contributed by atoms with van der Waals surface area (Å²) >= 11 is 1.67. The van der Waals surface area contributed by atoms with Crippen molar-refractivity contribution in [2.45, 2.75) is 25.1 Å². The number of rotatable bonds is 5. The maximum absolute atomic E-state index is 12.3. The van der Waals surface area contributed by atoms with Gasteiger partial charge in [0.15, 0.2) is 0 Å². The van der Waals surface area contributed by atoms with E-state index in [0.717, 1.165) is 22.5 Å². The number of amides is 1. The Hall–Kier alpha value is -1.95. The first-order valence-electron chi connectivity index (χ1n) is 7.74. The van der Waals surface area contributed by atoms with Crippen molar-refractivity contribution in [1.29, 1.82) is 0 Å². The molecule has 122 valence electrons. The van der Waals surface area contributed by atoms with Gasteiger partial charge in [-0.25, -0.2) is 0 Å². The molecule has 2 heterocycles.